The molecule has 2 N–H and O–H groups in total. The molecule has 1 saturated carbocycles. The molecule has 0 radical (unpaired) electrons. The van der Waals surface area contributed by atoms with Crippen molar-refractivity contribution in [1.29, 1.82) is 0 Å². The number of nitrogens with one attached hydrogen (secondary N) is 2. The molecule has 0 bridgehead atoms. The average Bonchev–Trinajstić information content (AvgIpc) is 3.45. The fourth-order valence-electron chi connectivity index (χ4n) is 4.00. The zero-order valence-corrected chi connectivity index (χ0v) is 20.5. The highest BCUT2D eigenvalue weighted by Gasteiger charge is 2.55. The van der Waals surface area contributed by atoms with Crippen LogP contribution < -0.4 is 10.0 Å². The summed E-state index contributed by atoms with van der Waals surface area (Å²) in [4.78, 5) is 25.3. The van der Waals surface area contributed by atoms with Crippen LogP contribution in [0, 0.1) is 5.92 Å². The number of carbonyl (C=O) groups is 2. The molecule has 1 aliphatic carbocycles. The average molecular weight is 513 g/mol. The molecule has 1 aliphatic rings. The van der Waals surface area contributed by atoms with Gasteiger partial charge in [0, 0.05) is 11.3 Å². The van der Waals surface area contributed by atoms with Gasteiger partial charge in [0.2, 0.25) is 15.9 Å². The number of alkyl halides is 3. The van der Waals surface area contributed by atoms with Crippen LogP contribution >= 0.6 is 0 Å². The van der Waals surface area contributed by atoms with Crippen molar-refractivity contribution in [2.75, 3.05) is 17.6 Å². The first-order valence-corrected chi connectivity index (χ1v) is 12.8. The number of amides is 1. The first-order valence-electron chi connectivity index (χ1n) is 10.9. The zero-order valence-electron chi connectivity index (χ0n) is 19.7. The van der Waals surface area contributed by atoms with Gasteiger partial charge in [-0.15, -0.1) is 0 Å². The van der Waals surface area contributed by atoms with E-state index in [1.165, 1.54) is 24.3 Å². The maximum Gasteiger partial charge on any atom is 0.416 e. The molecule has 3 rings (SSSR count). The molecule has 0 spiro atoms. The topological polar surface area (TPSA) is 102 Å². The molecule has 1 fully saturated rings. The van der Waals surface area contributed by atoms with E-state index in [0.29, 0.717) is 17.5 Å². The van der Waals surface area contributed by atoms with Crippen molar-refractivity contribution in [1.82, 2.24) is 5.32 Å². The zero-order chi connectivity index (χ0) is 26.2. The minimum Gasteiger partial charge on any atom is -0.462 e. The van der Waals surface area contributed by atoms with Crippen molar-refractivity contribution in [3.63, 3.8) is 0 Å². The highest BCUT2D eigenvalue weighted by Crippen LogP contribution is 2.54. The smallest absolute Gasteiger partial charge is 0.416 e. The molecule has 0 aromatic heterocycles. The van der Waals surface area contributed by atoms with Crippen LogP contribution in [0.3, 0.4) is 0 Å². The van der Waals surface area contributed by atoms with Crippen LogP contribution in [0.1, 0.15) is 60.3 Å². The van der Waals surface area contributed by atoms with E-state index in [4.69, 9.17) is 4.74 Å². The number of halogens is 3. The van der Waals surface area contributed by atoms with Crippen molar-refractivity contribution in [3.8, 4) is 0 Å². The number of benzene rings is 2. The van der Waals surface area contributed by atoms with Crippen LogP contribution in [0.15, 0.2) is 42.5 Å². The molecule has 7 nitrogen and oxygen atoms in total. The maximum absolute atomic E-state index is 12.9. The fraction of sp³-hybridized carbons (Fsp3) is 0.417. The lowest BCUT2D eigenvalue weighted by atomic mass is 9.94. The number of sulfonamides is 1. The highest BCUT2D eigenvalue weighted by atomic mass is 32.2. The lowest BCUT2D eigenvalue weighted by Gasteiger charge is -2.19. The third-order valence-electron chi connectivity index (χ3n) is 6.12. The van der Waals surface area contributed by atoms with Gasteiger partial charge in [-0.25, -0.2) is 13.2 Å². The Kier molecular flexibility index (Phi) is 7.21. The quantitative estimate of drug-likeness (QED) is 0.511. The second-order valence-corrected chi connectivity index (χ2v) is 10.6. The molecular weight excluding hydrogens is 485 g/mol. The van der Waals surface area contributed by atoms with Gasteiger partial charge in [-0.3, -0.25) is 9.52 Å². The molecule has 1 amide bonds. The van der Waals surface area contributed by atoms with Gasteiger partial charge in [-0.05, 0) is 55.7 Å². The van der Waals surface area contributed by atoms with E-state index in [2.05, 4.69) is 10.0 Å². The van der Waals surface area contributed by atoms with Crippen LogP contribution in [-0.2, 0) is 31.1 Å². The molecule has 0 aliphatic heterocycles. The summed E-state index contributed by atoms with van der Waals surface area (Å²) in [6, 6.07) is 8.77. The van der Waals surface area contributed by atoms with Gasteiger partial charge in [-0.2, -0.15) is 13.2 Å². The second kappa shape index (κ2) is 9.52. The van der Waals surface area contributed by atoms with Gasteiger partial charge in [0.15, 0.2) is 0 Å². The number of anilines is 1. The van der Waals surface area contributed by atoms with Crippen LogP contribution in [0.25, 0.3) is 0 Å². The van der Waals surface area contributed by atoms with E-state index in [1.807, 2.05) is 6.92 Å². The third kappa shape index (κ3) is 6.14. The minimum absolute atomic E-state index is 0.0110. The largest absolute Gasteiger partial charge is 0.462 e. The van der Waals surface area contributed by atoms with E-state index in [1.54, 1.807) is 19.9 Å². The molecule has 11 heteroatoms. The lowest BCUT2D eigenvalue weighted by Crippen LogP contribution is -2.30. The summed E-state index contributed by atoms with van der Waals surface area (Å²) in [7, 11) is -3.64. The maximum atomic E-state index is 12.9. The molecule has 190 valence electrons. The summed E-state index contributed by atoms with van der Waals surface area (Å²) >= 11 is 0. The summed E-state index contributed by atoms with van der Waals surface area (Å²) in [5.41, 5.74) is -0.0437. The SMILES string of the molecule is CCOC(=O)c1cc([C@@H](C)NC(=O)[C@H]2C[C@]2(C)c2ccc(C(F)(F)F)cc2)ccc1NS(C)(=O)=O. The first-order chi connectivity index (χ1) is 16.2. The molecule has 0 heterocycles. The summed E-state index contributed by atoms with van der Waals surface area (Å²) < 4.78 is 69.1. The van der Waals surface area contributed by atoms with E-state index in [9.17, 15) is 31.2 Å². The van der Waals surface area contributed by atoms with Crippen LogP contribution in [0.2, 0.25) is 0 Å². The molecule has 3 atom stereocenters. The van der Waals surface area contributed by atoms with Crippen molar-refractivity contribution in [2.45, 2.75) is 44.8 Å². The van der Waals surface area contributed by atoms with Gasteiger partial charge in [0.25, 0.3) is 0 Å². The summed E-state index contributed by atoms with van der Waals surface area (Å²) in [5.74, 6) is -1.40. The van der Waals surface area contributed by atoms with Gasteiger partial charge in [0.1, 0.15) is 0 Å². The van der Waals surface area contributed by atoms with Gasteiger partial charge >= 0.3 is 12.1 Å². The van der Waals surface area contributed by atoms with Gasteiger partial charge in [0.05, 0.1) is 35.7 Å². The highest BCUT2D eigenvalue weighted by molar-refractivity contribution is 7.92. The van der Waals surface area contributed by atoms with E-state index < -0.39 is 45.1 Å². The number of carbonyl (C=O) groups excluding carboxylic acids is 2. The van der Waals surface area contributed by atoms with E-state index >= 15 is 0 Å². The Bertz CT molecular complexity index is 1230. The predicted octanol–water partition coefficient (Wildman–Crippen LogP) is 4.41. The fourth-order valence-corrected chi connectivity index (χ4v) is 4.58. The van der Waals surface area contributed by atoms with Crippen molar-refractivity contribution in [3.05, 3.63) is 64.7 Å². The van der Waals surface area contributed by atoms with Gasteiger partial charge in [-0.1, -0.05) is 25.1 Å². The van der Waals surface area contributed by atoms with Crippen LogP contribution in [0.4, 0.5) is 18.9 Å². The predicted molar refractivity (Wildman–Crippen MR) is 124 cm³/mol. The number of hydrogen-bond acceptors (Lipinski definition) is 5. The first kappa shape index (κ1) is 26.5. The number of rotatable bonds is 8. The van der Waals surface area contributed by atoms with Crippen molar-refractivity contribution >= 4 is 27.6 Å². The molecule has 0 unspecified atom stereocenters. The standard InChI is InChI=1S/C24H27F3N2O5S/c1-5-34-22(31)18-12-15(6-11-20(18)29-35(4,32)33)14(2)28-21(30)19-13-23(19,3)16-7-9-17(10-8-16)24(25,26)27/h6-12,14,19,29H,5,13H2,1-4H3,(H,28,30)/t14-,19-,23-/m1/s1. The second-order valence-electron chi connectivity index (χ2n) is 8.88. The Morgan fingerprint density at radius 3 is 2.34 bits per heavy atom. The molecule has 2 aromatic rings. The number of esters is 1. The summed E-state index contributed by atoms with van der Waals surface area (Å²) in [6.07, 6.45) is -2.98. The summed E-state index contributed by atoms with van der Waals surface area (Å²) in [5, 5.41) is 2.87. The molecule has 2 aromatic carbocycles. The van der Waals surface area contributed by atoms with E-state index in [-0.39, 0.29) is 23.8 Å². The minimum atomic E-state index is -4.43. The number of hydrogen-bond donors (Lipinski definition) is 2. The summed E-state index contributed by atoms with van der Waals surface area (Å²) in [6.45, 7) is 5.26. The molecule has 35 heavy (non-hydrogen) atoms. The number of ether oxygens (including phenoxy) is 1. The van der Waals surface area contributed by atoms with Gasteiger partial charge < -0.3 is 10.1 Å². The van der Waals surface area contributed by atoms with Crippen LogP contribution in [-0.4, -0.2) is 33.2 Å². The lowest BCUT2D eigenvalue weighted by molar-refractivity contribution is -0.137. The Hall–Kier alpha value is -3.08. The van der Waals surface area contributed by atoms with Crippen LogP contribution in [0.5, 0.6) is 0 Å². The van der Waals surface area contributed by atoms with E-state index in [0.717, 1.165) is 18.4 Å². The van der Waals surface area contributed by atoms with Crippen molar-refractivity contribution < 1.29 is 35.9 Å². The Labute approximate surface area is 202 Å². The normalized spacial score (nSPS) is 20.6. The third-order valence-corrected chi connectivity index (χ3v) is 6.71. The Morgan fingerprint density at radius 2 is 1.80 bits per heavy atom. The van der Waals surface area contributed by atoms with Crippen molar-refractivity contribution in [2.24, 2.45) is 5.92 Å². The molecular formula is C24H27F3N2O5S. The Balaban J connectivity index is 1.75. The Morgan fingerprint density at radius 1 is 1.17 bits per heavy atom. The molecule has 0 saturated heterocycles. The monoisotopic (exact) mass is 512 g/mol.